The summed E-state index contributed by atoms with van der Waals surface area (Å²) in [6, 6.07) is 3.66. The first kappa shape index (κ1) is 10.8. The Morgan fingerprint density at radius 1 is 1.41 bits per heavy atom. The van der Waals surface area contributed by atoms with Crippen LogP contribution in [-0.2, 0) is 0 Å². The molecule has 0 spiro atoms. The first-order valence-electron chi connectivity index (χ1n) is 5.88. The van der Waals surface area contributed by atoms with Gasteiger partial charge in [-0.05, 0) is 36.5 Å². The fourth-order valence-corrected chi connectivity index (χ4v) is 3.39. The number of fused-ring (bicyclic) bond motifs is 1. The number of hydrogen-bond acceptors (Lipinski definition) is 3. The molecule has 3 rings (SSSR count). The van der Waals surface area contributed by atoms with E-state index in [4.69, 9.17) is 0 Å². The van der Waals surface area contributed by atoms with Crippen LogP contribution in [0.15, 0.2) is 24.5 Å². The summed E-state index contributed by atoms with van der Waals surface area (Å²) >= 11 is 2.03. The van der Waals surface area contributed by atoms with Gasteiger partial charge < -0.3 is 4.40 Å². The lowest BCUT2D eigenvalue weighted by Gasteiger charge is -2.18. The Morgan fingerprint density at radius 3 is 3.00 bits per heavy atom. The zero-order valence-corrected chi connectivity index (χ0v) is 10.3. The van der Waals surface area contributed by atoms with Crippen LogP contribution in [0.1, 0.15) is 34.8 Å². The number of carbonyl (C=O) groups excluding carboxylic acids is 1. The van der Waals surface area contributed by atoms with E-state index in [1.165, 1.54) is 30.0 Å². The Hall–Kier alpha value is -1.29. The van der Waals surface area contributed by atoms with E-state index >= 15 is 0 Å². The predicted molar refractivity (Wildman–Crippen MR) is 69.9 cm³/mol. The summed E-state index contributed by atoms with van der Waals surface area (Å²) in [5.41, 5.74) is 2.74. The molecule has 17 heavy (non-hydrogen) atoms. The second-order valence-corrected chi connectivity index (χ2v) is 5.62. The molecule has 2 aromatic heterocycles. The average molecular weight is 246 g/mol. The minimum Gasteiger partial charge on any atom is -0.307 e. The normalized spacial score (nSPS) is 17.4. The summed E-state index contributed by atoms with van der Waals surface area (Å²) in [6.45, 7) is 0. The molecule has 0 N–H and O–H groups in total. The molecule has 0 radical (unpaired) electrons. The third kappa shape index (κ3) is 2.09. The molecule has 1 aliphatic heterocycles. The van der Waals surface area contributed by atoms with E-state index in [1.54, 1.807) is 0 Å². The maximum atomic E-state index is 10.7. The molecule has 1 fully saturated rings. The monoisotopic (exact) mass is 246 g/mol. The number of hydrogen-bond donors (Lipinski definition) is 0. The fourth-order valence-electron chi connectivity index (χ4n) is 2.28. The van der Waals surface area contributed by atoms with Crippen molar-refractivity contribution < 1.29 is 4.79 Å². The Labute approximate surface area is 104 Å². The van der Waals surface area contributed by atoms with Gasteiger partial charge >= 0.3 is 0 Å². The van der Waals surface area contributed by atoms with Crippen LogP contribution in [0.5, 0.6) is 0 Å². The first-order valence-corrected chi connectivity index (χ1v) is 7.04. The highest BCUT2D eigenvalue weighted by Crippen LogP contribution is 2.30. The smallest absolute Gasteiger partial charge is 0.150 e. The highest BCUT2D eigenvalue weighted by atomic mass is 32.2. The largest absolute Gasteiger partial charge is 0.307 e. The van der Waals surface area contributed by atoms with Crippen LogP contribution in [0.25, 0.3) is 5.65 Å². The van der Waals surface area contributed by atoms with E-state index in [-0.39, 0.29) is 0 Å². The third-order valence-corrected chi connectivity index (χ3v) is 4.33. The van der Waals surface area contributed by atoms with Crippen molar-refractivity contribution in [2.45, 2.75) is 18.8 Å². The van der Waals surface area contributed by atoms with E-state index in [2.05, 4.69) is 11.2 Å². The minimum atomic E-state index is 0.593. The van der Waals surface area contributed by atoms with Crippen molar-refractivity contribution in [3.63, 3.8) is 0 Å². The lowest BCUT2D eigenvalue weighted by molar-refractivity contribution is 0.112. The van der Waals surface area contributed by atoms with E-state index in [0.717, 1.165) is 11.9 Å². The van der Waals surface area contributed by atoms with Crippen molar-refractivity contribution >= 4 is 23.7 Å². The second kappa shape index (κ2) is 4.53. The Balaban J connectivity index is 1.97. The van der Waals surface area contributed by atoms with Gasteiger partial charge in [0.2, 0.25) is 0 Å². The van der Waals surface area contributed by atoms with Crippen molar-refractivity contribution in [2.24, 2.45) is 0 Å². The third-order valence-electron chi connectivity index (χ3n) is 3.28. The molecule has 1 saturated heterocycles. The van der Waals surface area contributed by atoms with Gasteiger partial charge in [-0.15, -0.1) is 0 Å². The molecule has 0 unspecified atom stereocenters. The van der Waals surface area contributed by atoms with Crippen LogP contribution in [0.3, 0.4) is 0 Å². The Bertz CT molecular complexity index is 543. The van der Waals surface area contributed by atoms with Crippen LogP contribution < -0.4 is 0 Å². The topological polar surface area (TPSA) is 34.4 Å². The van der Waals surface area contributed by atoms with Crippen LogP contribution in [0.2, 0.25) is 0 Å². The van der Waals surface area contributed by atoms with Gasteiger partial charge in [0, 0.05) is 23.9 Å². The molecule has 2 aromatic rings. The van der Waals surface area contributed by atoms with Crippen molar-refractivity contribution in [3.05, 3.63) is 35.8 Å². The van der Waals surface area contributed by atoms with Crippen LogP contribution in [0.4, 0.5) is 0 Å². The number of imidazole rings is 1. The number of carbonyl (C=O) groups is 1. The summed E-state index contributed by atoms with van der Waals surface area (Å²) in [7, 11) is 0. The molecular formula is C13H14N2OS. The van der Waals surface area contributed by atoms with Gasteiger partial charge in [-0.1, -0.05) is 0 Å². The minimum absolute atomic E-state index is 0.593. The molecule has 0 bridgehead atoms. The Kier molecular flexibility index (Phi) is 2.89. The van der Waals surface area contributed by atoms with Crippen LogP contribution in [0, 0.1) is 0 Å². The molecule has 3 heterocycles. The SMILES string of the molecule is O=Cc1ccn2cc(C3CCSCC3)nc2c1. The highest BCUT2D eigenvalue weighted by Gasteiger charge is 2.18. The second-order valence-electron chi connectivity index (χ2n) is 4.40. The van der Waals surface area contributed by atoms with Gasteiger partial charge in [-0.2, -0.15) is 11.8 Å². The quantitative estimate of drug-likeness (QED) is 0.764. The van der Waals surface area contributed by atoms with Crippen molar-refractivity contribution in [3.8, 4) is 0 Å². The van der Waals surface area contributed by atoms with Gasteiger partial charge in [-0.3, -0.25) is 4.79 Å². The molecule has 0 aromatic carbocycles. The van der Waals surface area contributed by atoms with Crippen molar-refractivity contribution in [1.29, 1.82) is 0 Å². The maximum Gasteiger partial charge on any atom is 0.150 e. The van der Waals surface area contributed by atoms with E-state index in [9.17, 15) is 4.79 Å². The van der Waals surface area contributed by atoms with E-state index in [0.29, 0.717) is 11.5 Å². The summed E-state index contributed by atoms with van der Waals surface area (Å²) < 4.78 is 2.00. The lowest BCUT2D eigenvalue weighted by atomic mass is 10.00. The molecule has 0 atom stereocenters. The molecule has 3 nitrogen and oxygen atoms in total. The summed E-state index contributed by atoms with van der Waals surface area (Å²) in [4.78, 5) is 15.4. The van der Waals surface area contributed by atoms with Gasteiger partial charge in [0.25, 0.3) is 0 Å². The molecule has 1 aliphatic rings. The van der Waals surface area contributed by atoms with E-state index < -0.39 is 0 Å². The first-order chi connectivity index (χ1) is 8.36. The van der Waals surface area contributed by atoms with Gasteiger partial charge in [0.05, 0.1) is 5.69 Å². The number of pyridine rings is 1. The van der Waals surface area contributed by atoms with Crippen molar-refractivity contribution in [2.75, 3.05) is 11.5 Å². The predicted octanol–water partition coefficient (Wildman–Crippen LogP) is 2.76. The molecule has 88 valence electrons. The van der Waals surface area contributed by atoms with Gasteiger partial charge in [0.15, 0.2) is 0 Å². The maximum absolute atomic E-state index is 10.7. The average Bonchev–Trinajstić information content (AvgIpc) is 2.82. The number of rotatable bonds is 2. The van der Waals surface area contributed by atoms with Crippen LogP contribution in [-0.4, -0.2) is 27.2 Å². The van der Waals surface area contributed by atoms with E-state index in [1.807, 2.05) is 34.5 Å². The summed E-state index contributed by atoms with van der Waals surface area (Å²) in [5, 5.41) is 0. The summed E-state index contributed by atoms with van der Waals surface area (Å²) in [6.07, 6.45) is 7.31. The highest BCUT2D eigenvalue weighted by molar-refractivity contribution is 7.99. The number of nitrogens with zero attached hydrogens (tertiary/aromatic N) is 2. The molecular weight excluding hydrogens is 232 g/mol. The number of aldehydes is 1. The zero-order chi connectivity index (χ0) is 11.7. The Morgan fingerprint density at radius 2 is 2.24 bits per heavy atom. The van der Waals surface area contributed by atoms with Gasteiger partial charge in [0.1, 0.15) is 11.9 Å². The standard InChI is InChI=1S/C13H14N2OS/c16-9-10-1-4-15-8-12(14-13(15)7-10)11-2-5-17-6-3-11/h1,4,7-9,11H,2-3,5-6H2. The van der Waals surface area contributed by atoms with Gasteiger partial charge in [-0.25, -0.2) is 4.98 Å². The zero-order valence-electron chi connectivity index (χ0n) is 9.50. The number of thioether (sulfide) groups is 1. The number of aromatic nitrogens is 2. The van der Waals surface area contributed by atoms with Crippen LogP contribution >= 0.6 is 11.8 Å². The molecule has 0 saturated carbocycles. The molecule has 0 aliphatic carbocycles. The molecule has 4 heteroatoms. The molecule has 0 amide bonds. The lowest BCUT2D eigenvalue weighted by Crippen LogP contribution is -2.07. The summed E-state index contributed by atoms with van der Waals surface area (Å²) in [5.74, 6) is 3.06. The fraction of sp³-hybridized carbons (Fsp3) is 0.385. The van der Waals surface area contributed by atoms with Crippen molar-refractivity contribution in [1.82, 2.24) is 9.38 Å².